The number of nitrogens with zero attached hydrogens (tertiary/aromatic N) is 1. The fourth-order valence-corrected chi connectivity index (χ4v) is 3.67. The maximum Gasteiger partial charge on any atom is 0.254 e. The Bertz CT molecular complexity index is 491. The Hall–Kier alpha value is -1.42. The van der Waals surface area contributed by atoms with Crippen molar-refractivity contribution in [3.63, 3.8) is 0 Å². The molecule has 1 amide bonds. The average molecular weight is 276 g/mol. The number of hydrogen-bond acceptors (Lipinski definition) is 2. The van der Waals surface area contributed by atoms with E-state index in [9.17, 15) is 9.18 Å². The van der Waals surface area contributed by atoms with Gasteiger partial charge in [-0.25, -0.2) is 4.39 Å². The Morgan fingerprint density at radius 1 is 1.30 bits per heavy atom. The van der Waals surface area contributed by atoms with Crippen molar-refractivity contribution < 1.29 is 9.18 Å². The van der Waals surface area contributed by atoms with E-state index < -0.39 is 5.82 Å². The molecule has 0 spiro atoms. The number of carbonyl (C=O) groups is 1. The molecule has 0 aliphatic carbocycles. The van der Waals surface area contributed by atoms with Crippen LogP contribution in [0.4, 0.5) is 4.39 Å². The van der Waals surface area contributed by atoms with Crippen molar-refractivity contribution >= 4 is 5.91 Å². The molecular formula is C16H21FN2O. The minimum Gasteiger partial charge on any atom is -0.352 e. The Balaban J connectivity index is 1.56. The summed E-state index contributed by atoms with van der Waals surface area (Å²) in [5, 5.41) is 2.90. The summed E-state index contributed by atoms with van der Waals surface area (Å²) in [5.41, 5.74) is 0.142. The van der Waals surface area contributed by atoms with Crippen LogP contribution in [0.15, 0.2) is 24.3 Å². The van der Waals surface area contributed by atoms with E-state index in [1.807, 2.05) is 0 Å². The Labute approximate surface area is 119 Å². The number of nitrogens with one attached hydrogen (secondary N) is 1. The molecule has 2 aliphatic rings. The van der Waals surface area contributed by atoms with Gasteiger partial charge in [0, 0.05) is 18.6 Å². The van der Waals surface area contributed by atoms with E-state index in [-0.39, 0.29) is 11.5 Å². The van der Waals surface area contributed by atoms with Gasteiger partial charge in [-0.3, -0.25) is 4.79 Å². The van der Waals surface area contributed by atoms with Gasteiger partial charge in [-0.2, -0.15) is 0 Å². The number of rotatable bonds is 3. The smallest absolute Gasteiger partial charge is 0.254 e. The minimum absolute atomic E-state index is 0.142. The van der Waals surface area contributed by atoms with Gasteiger partial charge in [0.05, 0.1) is 5.56 Å². The maximum absolute atomic E-state index is 13.5. The van der Waals surface area contributed by atoms with Gasteiger partial charge >= 0.3 is 0 Å². The molecular weight excluding hydrogens is 255 g/mol. The second-order valence-electron chi connectivity index (χ2n) is 6.08. The van der Waals surface area contributed by atoms with Gasteiger partial charge in [0.2, 0.25) is 0 Å². The van der Waals surface area contributed by atoms with Gasteiger partial charge in [-0.15, -0.1) is 0 Å². The van der Waals surface area contributed by atoms with Crippen molar-refractivity contribution in [2.75, 3.05) is 13.6 Å². The Kier molecular flexibility index (Phi) is 3.74. The molecule has 20 heavy (non-hydrogen) atoms. The molecule has 4 heteroatoms. The number of benzene rings is 1. The van der Waals surface area contributed by atoms with E-state index in [2.05, 4.69) is 17.3 Å². The van der Waals surface area contributed by atoms with Crippen LogP contribution in [-0.2, 0) is 0 Å². The zero-order valence-electron chi connectivity index (χ0n) is 11.8. The van der Waals surface area contributed by atoms with Crippen LogP contribution in [0.5, 0.6) is 0 Å². The van der Waals surface area contributed by atoms with Crippen LogP contribution < -0.4 is 5.32 Å². The highest BCUT2D eigenvalue weighted by atomic mass is 19.1. The SMILES string of the molecule is CN1C2CCC1CC(CNC(=O)c1ccccc1F)C2. The van der Waals surface area contributed by atoms with Crippen molar-refractivity contribution in [3.05, 3.63) is 35.6 Å². The molecule has 1 N–H and O–H groups in total. The minimum atomic E-state index is -0.451. The number of amides is 1. The first-order valence-corrected chi connectivity index (χ1v) is 7.40. The molecule has 1 aromatic carbocycles. The lowest BCUT2D eigenvalue weighted by Gasteiger charge is -2.36. The molecule has 0 saturated carbocycles. The summed E-state index contributed by atoms with van der Waals surface area (Å²) < 4.78 is 13.5. The number of fused-ring (bicyclic) bond motifs is 2. The normalized spacial score (nSPS) is 29.4. The number of halogens is 1. The number of hydrogen-bond donors (Lipinski definition) is 1. The lowest BCUT2D eigenvalue weighted by Crippen LogP contribution is -2.43. The van der Waals surface area contributed by atoms with Crippen molar-refractivity contribution in [3.8, 4) is 0 Å². The first-order valence-electron chi connectivity index (χ1n) is 7.40. The topological polar surface area (TPSA) is 32.3 Å². The summed E-state index contributed by atoms with van der Waals surface area (Å²) >= 11 is 0. The summed E-state index contributed by atoms with van der Waals surface area (Å²) in [6, 6.07) is 7.48. The molecule has 108 valence electrons. The zero-order chi connectivity index (χ0) is 14.1. The fraction of sp³-hybridized carbons (Fsp3) is 0.562. The van der Waals surface area contributed by atoms with Gasteiger partial charge in [0.15, 0.2) is 0 Å². The average Bonchev–Trinajstić information content (AvgIpc) is 2.66. The molecule has 2 fully saturated rings. The molecule has 0 aromatic heterocycles. The first-order chi connectivity index (χ1) is 9.65. The molecule has 2 saturated heterocycles. The second-order valence-corrected chi connectivity index (χ2v) is 6.08. The fourth-order valence-electron chi connectivity index (χ4n) is 3.67. The van der Waals surface area contributed by atoms with Gasteiger partial charge in [0.1, 0.15) is 5.82 Å². The lowest BCUT2D eigenvalue weighted by atomic mass is 9.91. The third-order valence-corrected chi connectivity index (χ3v) is 4.87. The molecule has 3 nitrogen and oxygen atoms in total. The van der Waals surface area contributed by atoms with Gasteiger partial charge in [0.25, 0.3) is 5.91 Å². The van der Waals surface area contributed by atoms with E-state index in [0.717, 1.165) is 12.8 Å². The van der Waals surface area contributed by atoms with Crippen molar-refractivity contribution in [2.45, 2.75) is 37.8 Å². The molecule has 3 rings (SSSR count). The van der Waals surface area contributed by atoms with Crippen LogP contribution in [0.25, 0.3) is 0 Å². The third-order valence-electron chi connectivity index (χ3n) is 4.87. The highest BCUT2D eigenvalue weighted by molar-refractivity contribution is 5.94. The largest absolute Gasteiger partial charge is 0.352 e. The van der Waals surface area contributed by atoms with Crippen LogP contribution in [0.1, 0.15) is 36.0 Å². The second kappa shape index (κ2) is 5.52. The van der Waals surface area contributed by atoms with Crippen LogP contribution in [0.2, 0.25) is 0 Å². The molecule has 0 radical (unpaired) electrons. The lowest BCUT2D eigenvalue weighted by molar-refractivity contribution is 0.0913. The van der Waals surface area contributed by atoms with Gasteiger partial charge in [-0.1, -0.05) is 12.1 Å². The van der Waals surface area contributed by atoms with Crippen molar-refractivity contribution in [2.24, 2.45) is 5.92 Å². The summed E-state index contributed by atoms with van der Waals surface area (Å²) in [4.78, 5) is 14.5. The highest BCUT2D eigenvalue weighted by Crippen LogP contribution is 2.37. The molecule has 1 aromatic rings. The molecule has 2 atom stereocenters. The molecule has 2 bridgehead atoms. The summed E-state index contributed by atoms with van der Waals surface area (Å²) in [7, 11) is 2.20. The number of carbonyl (C=O) groups excluding carboxylic acids is 1. The summed E-state index contributed by atoms with van der Waals surface area (Å²) in [6.45, 7) is 0.661. The van der Waals surface area contributed by atoms with Crippen molar-refractivity contribution in [1.82, 2.24) is 10.2 Å². The van der Waals surface area contributed by atoms with Crippen LogP contribution in [-0.4, -0.2) is 36.5 Å². The molecule has 2 aliphatic heterocycles. The van der Waals surface area contributed by atoms with E-state index in [0.29, 0.717) is 24.5 Å². The van der Waals surface area contributed by atoms with Gasteiger partial charge in [-0.05, 0) is 50.8 Å². The van der Waals surface area contributed by atoms with Gasteiger partial charge < -0.3 is 10.2 Å². The first kappa shape index (κ1) is 13.6. The summed E-state index contributed by atoms with van der Waals surface area (Å²) in [5.74, 6) is -0.220. The standard InChI is InChI=1S/C16H21FN2O/c1-19-12-6-7-13(19)9-11(8-12)10-18-16(20)14-4-2-3-5-15(14)17/h2-5,11-13H,6-10H2,1H3,(H,18,20). The van der Waals surface area contributed by atoms with E-state index >= 15 is 0 Å². The van der Waals surface area contributed by atoms with Crippen LogP contribution in [0.3, 0.4) is 0 Å². The predicted molar refractivity (Wildman–Crippen MR) is 76.0 cm³/mol. The van der Waals surface area contributed by atoms with E-state index in [4.69, 9.17) is 0 Å². The monoisotopic (exact) mass is 276 g/mol. The van der Waals surface area contributed by atoms with E-state index in [1.165, 1.54) is 25.0 Å². The van der Waals surface area contributed by atoms with E-state index in [1.54, 1.807) is 12.1 Å². The highest BCUT2D eigenvalue weighted by Gasteiger charge is 2.38. The third kappa shape index (κ3) is 2.57. The predicted octanol–water partition coefficient (Wildman–Crippen LogP) is 2.43. The Morgan fingerprint density at radius 2 is 1.95 bits per heavy atom. The molecule has 2 heterocycles. The van der Waals surface area contributed by atoms with Crippen LogP contribution in [0, 0.1) is 11.7 Å². The zero-order valence-corrected chi connectivity index (χ0v) is 11.8. The number of piperidine rings is 1. The Morgan fingerprint density at radius 3 is 2.60 bits per heavy atom. The maximum atomic E-state index is 13.5. The van der Waals surface area contributed by atoms with Crippen molar-refractivity contribution in [1.29, 1.82) is 0 Å². The summed E-state index contributed by atoms with van der Waals surface area (Å²) in [6.07, 6.45) is 4.84. The molecule has 2 unspecified atom stereocenters. The quantitative estimate of drug-likeness (QED) is 0.919. The van der Waals surface area contributed by atoms with Crippen LogP contribution >= 0.6 is 0 Å².